The minimum absolute atomic E-state index is 0.120. The molecule has 0 aliphatic carbocycles. The molecule has 3 aromatic rings. The number of hydrogen-bond donors (Lipinski definition) is 1. The van der Waals surface area contributed by atoms with E-state index in [1.165, 1.54) is 16.6 Å². The lowest BCUT2D eigenvalue weighted by Crippen LogP contribution is -2.55. The average Bonchev–Trinajstić information content (AvgIpc) is 3.16. The minimum atomic E-state index is -1.22. The van der Waals surface area contributed by atoms with E-state index in [0.717, 1.165) is 16.3 Å². The Morgan fingerprint density at radius 2 is 1.84 bits per heavy atom. The number of carboxylic acid groups (broad SMARTS) is 1. The third kappa shape index (κ3) is 5.70. The molecular formula is C22H26N4O5S. The first-order valence-electron chi connectivity index (χ1n) is 9.96. The van der Waals surface area contributed by atoms with E-state index in [4.69, 9.17) is 9.47 Å². The van der Waals surface area contributed by atoms with E-state index >= 15 is 0 Å². The number of amides is 1. The number of carbonyl (C=O) groups is 2. The topological polar surface area (TPSA) is 107 Å². The first-order chi connectivity index (χ1) is 15.2. The normalized spacial score (nSPS) is 12.4. The minimum Gasteiger partial charge on any atom is -0.497 e. The molecule has 0 fully saturated rings. The summed E-state index contributed by atoms with van der Waals surface area (Å²) in [5, 5.41) is 19.1. The van der Waals surface area contributed by atoms with Gasteiger partial charge in [-0.25, -0.2) is 9.59 Å². The van der Waals surface area contributed by atoms with E-state index in [1.54, 1.807) is 52.1 Å². The number of nitrogens with zero attached hydrogens (tertiary/aromatic N) is 4. The number of carboxylic acids is 1. The second-order valence-corrected chi connectivity index (χ2v) is 9.04. The molecule has 32 heavy (non-hydrogen) atoms. The molecule has 1 N–H and O–H groups in total. The molecule has 2 aromatic carbocycles. The molecule has 1 unspecified atom stereocenters. The number of para-hydroxylation sites is 1. The van der Waals surface area contributed by atoms with E-state index in [9.17, 15) is 14.7 Å². The molecule has 0 saturated carbocycles. The van der Waals surface area contributed by atoms with Gasteiger partial charge in [-0.3, -0.25) is 0 Å². The summed E-state index contributed by atoms with van der Waals surface area (Å²) in [6, 6.07) is 13.3. The Kier molecular flexibility index (Phi) is 7.24. The van der Waals surface area contributed by atoms with Crippen LogP contribution in [0.3, 0.4) is 0 Å². The van der Waals surface area contributed by atoms with Crippen molar-refractivity contribution in [2.24, 2.45) is 0 Å². The maximum absolute atomic E-state index is 13.1. The smallest absolute Gasteiger partial charge is 0.431 e. The van der Waals surface area contributed by atoms with Crippen molar-refractivity contribution < 1.29 is 24.2 Å². The summed E-state index contributed by atoms with van der Waals surface area (Å²) in [6.45, 7) is 5.16. The van der Waals surface area contributed by atoms with E-state index in [2.05, 4.69) is 10.3 Å². The van der Waals surface area contributed by atoms with Crippen molar-refractivity contribution in [3.05, 3.63) is 54.1 Å². The van der Waals surface area contributed by atoms with Crippen molar-refractivity contribution in [3.8, 4) is 5.75 Å². The summed E-state index contributed by atoms with van der Waals surface area (Å²) in [5.41, 5.74) is 1.24. The molecule has 0 spiro atoms. The van der Waals surface area contributed by atoms with Crippen LogP contribution in [0.2, 0.25) is 0 Å². The number of benzene rings is 2. The van der Waals surface area contributed by atoms with Crippen molar-refractivity contribution in [1.29, 1.82) is 0 Å². The van der Waals surface area contributed by atoms with Crippen molar-refractivity contribution in [3.63, 3.8) is 0 Å². The van der Waals surface area contributed by atoms with Gasteiger partial charge in [0.2, 0.25) is 0 Å². The lowest BCUT2D eigenvalue weighted by molar-refractivity contribution is -0.138. The number of thioether (sulfide) groups is 1. The third-order valence-corrected chi connectivity index (χ3v) is 5.49. The van der Waals surface area contributed by atoms with E-state index < -0.39 is 23.7 Å². The Morgan fingerprint density at radius 3 is 2.47 bits per heavy atom. The fourth-order valence-electron chi connectivity index (χ4n) is 2.92. The van der Waals surface area contributed by atoms with Crippen LogP contribution in [0.4, 0.5) is 4.79 Å². The van der Waals surface area contributed by atoms with Crippen LogP contribution in [0.15, 0.2) is 48.5 Å². The van der Waals surface area contributed by atoms with Gasteiger partial charge in [0, 0.05) is 11.5 Å². The zero-order chi connectivity index (χ0) is 23.3. The SMILES string of the molecule is COc1ccc(CSCC(C(=O)O)N(C(=O)OC(C)(C)C)n2nnc3ccccc32)cc1. The van der Waals surface area contributed by atoms with Gasteiger partial charge in [-0.05, 0) is 55.8 Å². The highest BCUT2D eigenvalue weighted by molar-refractivity contribution is 7.98. The number of rotatable bonds is 8. The van der Waals surface area contributed by atoms with Crippen molar-refractivity contribution in [1.82, 2.24) is 15.1 Å². The molecule has 1 aromatic heterocycles. The van der Waals surface area contributed by atoms with Gasteiger partial charge in [0.05, 0.1) is 7.11 Å². The van der Waals surface area contributed by atoms with Gasteiger partial charge < -0.3 is 14.6 Å². The molecule has 3 rings (SSSR count). The molecule has 0 saturated heterocycles. The van der Waals surface area contributed by atoms with Crippen LogP contribution in [0.25, 0.3) is 11.0 Å². The predicted molar refractivity (Wildman–Crippen MR) is 123 cm³/mol. The van der Waals surface area contributed by atoms with Gasteiger partial charge >= 0.3 is 12.1 Å². The van der Waals surface area contributed by atoms with Gasteiger partial charge in [-0.2, -0.15) is 16.8 Å². The number of carbonyl (C=O) groups excluding carboxylic acids is 1. The number of hydrogen-bond acceptors (Lipinski definition) is 7. The molecular weight excluding hydrogens is 432 g/mol. The molecule has 1 heterocycles. The second-order valence-electron chi connectivity index (χ2n) is 8.01. The maximum atomic E-state index is 13.1. The Bertz CT molecular complexity index is 1080. The fourth-order valence-corrected chi connectivity index (χ4v) is 3.97. The summed E-state index contributed by atoms with van der Waals surface area (Å²) in [4.78, 5) is 26.5. The van der Waals surface area contributed by atoms with Gasteiger partial charge in [0.1, 0.15) is 22.4 Å². The summed E-state index contributed by atoms with van der Waals surface area (Å²) >= 11 is 1.39. The Labute approximate surface area is 190 Å². The van der Waals surface area contributed by atoms with Gasteiger partial charge in [0.15, 0.2) is 6.04 Å². The van der Waals surface area contributed by atoms with Crippen molar-refractivity contribution >= 4 is 34.9 Å². The fraction of sp³-hybridized carbons (Fsp3) is 0.364. The van der Waals surface area contributed by atoms with Crippen LogP contribution in [0.1, 0.15) is 26.3 Å². The quantitative estimate of drug-likeness (QED) is 0.545. The highest BCUT2D eigenvalue weighted by atomic mass is 32.2. The molecule has 1 atom stereocenters. The molecule has 170 valence electrons. The number of fused-ring (bicyclic) bond motifs is 1. The van der Waals surface area contributed by atoms with Crippen LogP contribution in [-0.2, 0) is 15.3 Å². The van der Waals surface area contributed by atoms with Crippen LogP contribution in [-0.4, -0.2) is 56.8 Å². The standard InChI is InChI=1S/C22H26N4O5S/c1-22(2,3)31-21(29)25(26-18-8-6-5-7-17(18)23-24-26)19(20(27)28)14-32-13-15-9-11-16(30-4)12-10-15/h5-12,19H,13-14H2,1-4H3,(H,27,28). The van der Waals surface area contributed by atoms with E-state index in [0.29, 0.717) is 16.8 Å². The Balaban J connectivity index is 1.87. The molecule has 0 aliphatic rings. The maximum Gasteiger partial charge on any atom is 0.431 e. The Hall–Kier alpha value is -3.27. The third-order valence-electron chi connectivity index (χ3n) is 4.40. The van der Waals surface area contributed by atoms with E-state index in [-0.39, 0.29) is 5.75 Å². The zero-order valence-electron chi connectivity index (χ0n) is 18.4. The highest BCUT2D eigenvalue weighted by Crippen LogP contribution is 2.21. The van der Waals surface area contributed by atoms with Gasteiger partial charge in [0.25, 0.3) is 0 Å². The van der Waals surface area contributed by atoms with E-state index in [1.807, 2.05) is 24.3 Å². The highest BCUT2D eigenvalue weighted by Gasteiger charge is 2.36. The average molecular weight is 459 g/mol. The monoisotopic (exact) mass is 458 g/mol. The summed E-state index contributed by atoms with van der Waals surface area (Å²) in [6.07, 6.45) is -0.814. The molecule has 9 nitrogen and oxygen atoms in total. The van der Waals surface area contributed by atoms with Crippen LogP contribution in [0, 0.1) is 0 Å². The Morgan fingerprint density at radius 1 is 1.16 bits per heavy atom. The largest absolute Gasteiger partial charge is 0.497 e. The van der Waals surface area contributed by atoms with Gasteiger partial charge in [-0.15, -0.1) is 9.89 Å². The number of ether oxygens (including phenoxy) is 2. The first-order valence-corrected chi connectivity index (χ1v) is 11.1. The van der Waals surface area contributed by atoms with Crippen LogP contribution < -0.4 is 9.75 Å². The molecule has 0 radical (unpaired) electrons. The number of aromatic nitrogens is 3. The zero-order valence-corrected chi connectivity index (χ0v) is 19.2. The van der Waals surface area contributed by atoms with Crippen LogP contribution in [0.5, 0.6) is 5.75 Å². The summed E-state index contributed by atoms with van der Waals surface area (Å²) in [7, 11) is 1.60. The number of aliphatic carboxylic acids is 1. The second kappa shape index (κ2) is 9.90. The predicted octanol–water partition coefficient (Wildman–Crippen LogP) is 3.70. The van der Waals surface area contributed by atoms with Crippen LogP contribution >= 0.6 is 11.8 Å². The number of methoxy groups -OCH3 is 1. The summed E-state index contributed by atoms with van der Waals surface area (Å²) in [5.74, 6) is 0.261. The van der Waals surface area contributed by atoms with Gasteiger partial charge in [-0.1, -0.05) is 24.3 Å². The molecule has 10 heteroatoms. The summed E-state index contributed by atoms with van der Waals surface area (Å²) < 4.78 is 10.7. The van der Waals surface area contributed by atoms with Crippen molar-refractivity contribution in [2.75, 3.05) is 17.9 Å². The first kappa shape index (κ1) is 23.4. The van der Waals surface area contributed by atoms with Crippen molar-refractivity contribution in [2.45, 2.75) is 38.2 Å². The molecule has 1 amide bonds. The molecule has 0 aliphatic heterocycles. The lowest BCUT2D eigenvalue weighted by Gasteiger charge is -2.30. The molecule has 0 bridgehead atoms. The lowest BCUT2D eigenvalue weighted by atomic mass is 10.2.